The van der Waals surface area contributed by atoms with Crippen molar-refractivity contribution >= 4 is 41.6 Å². The Morgan fingerprint density at radius 3 is 2.45 bits per heavy atom. The number of hydrogen-bond donors (Lipinski definition) is 1. The maximum Gasteiger partial charge on any atom is 0.261 e. The highest BCUT2D eigenvalue weighted by atomic mass is 79.9. The third-order valence-corrected chi connectivity index (χ3v) is 5.07. The molecule has 0 bridgehead atoms. The van der Waals surface area contributed by atoms with E-state index in [-0.39, 0.29) is 22.4 Å². The van der Waals surface area contributed by atoms with E-state index >= 15 is 0 Å². The van der Waals surface area contributed by atoms with Crippen LogP contribution >= 0.6 is 26.6 Å². The fourth-order valence-electron chi connectivity index (χ4n) is 1.82. The molecule has 4 nitrogen and oxygen atoms in total. The van der Waals surface area contributed by atoms with Crippen LogP contribution in [-0.2, 0) is 9.05 Å². The molecule has 1 atom stereocenters. The van der Waals surface area contributed by atoms with Gasteiger partial charge in [-0.3, -0.25) is 4.79 Å². The topological polar surface area (TPSA) is 63.2 Å². The lowest BCUT2D eigenvalue weighted by molar-refractivity contribution is 0.0923. The van der Waals surface area contributed by atoms with Crippen molar-refractivity contribution < 1.29 is 13.2 Å². The van der Waals surface area contributed by atoms with Crippen molar-refractivity contribution in [3.8, 4) is 0 Å². The van der Waals surface area contributed by atoms with E-state index in [0.717, 1.165) is 6.42 Å². The Labute approximate surface area is 132 Å². The minimum absolute atomic E-state index is 0.0330. The summed E-state index contributed by atoms with van der Waals surface area (Å²) in [5.74, 6) is -0.0257. The van der Waals surface area contributed by atoms with Gasteiger partial charge < -0.3 is 5.32 Å². The predicted octanol–water partition coefficient (Wildman–Crippen LogP) is 3.54. The van der Waals surface area contributed by atoms with Crippen molar-refractivity contribution in [2.45, 2.75) is 38.1 Å². The van der Waals surface area contributed by atoms with Gasteiger partial charge in [-0.05, 0) is 46.5 Å². The van der Waals surface area contributed by atoms with E-state index in [1.807, 2.05) is 20.8 Å². The average Bonchev–Trinajstić information content (AvgIpc) is 2.34. The molecular formula is C13H17BrClNO3S. The Kier molecular flexibility index (Phi) is 6.04. The van der Waals surface area contributed by atoms with Crippen LogP contribution in [0.5, 0.6) is 0 Å². The van der Waals surface area contributed by atoms with Crippen molar-refractivity contribution in [2.75, 3.05) is 0 Å². The number of hydrogen-bond acceptors (Lipinski definition) is 3. The quantitative estimate of drug-likeness (QED) is 0.792. The molecule has 1 rings (SSSR count). The number of halogens is 2. The smallest absolute Gasteiger partial charge is 0.261 e. The zero-order chi connectivity index (χ0) is 15.5. The normalized spacial score (nSPS) is 13.3. The minimum Gasteiger partial charge on any atom is -0.349 e. The van der Waals surface area contributed by atoms with E-state index in [0.29, 0.717) is 10.4 Å². The summed E-state index contributed by atoms with van der Waals surface area (Å²) in [6.45, 7) is 6.02. The van der Waals surface area contributed by atoms with Crippen molar-refractivity contribution in [1.82, 2.24) is 5.32 Å². The first-order chi connectivity index (χ1) is 9.16. The van der Waals surface area contributed by atoms with E-state index in [2.05, 4.69) is 21.2 Å². The predicted molar refractivity (Wildman–Crippen MR) is 83.6 cm³/mol. The molecule has 1 amide bonds. The molecule has 7 heteroatoms. The summed E-state index contributed by atoms with van der Waals surface area (Å²) in [4.78, 5) is 12.1. The molecule has 0 fully saturated rings. The minimum atomic E-state index is -3.85. The second-order valence-corrected chi connectivity index (χ2v) is 8.23. The van der Waals surface area contributed by atoms with Crippen LogP contribution in [0.4, 0.5) is 0 Å². The SMILES string of the molecule is CCC(NC(=O)c1cc(S(=O)(=O)Cl)ccc1Br)C(C)C. The van der Waals surface area contributed by atoms with Crippen LogP contribution in [0.1, 0.15) is 37.6 Å². The second kappa shape index (κ2) is 6.91. The van der Waals surface area contributed by atoms with Gasteiger partial charge in [0.25, 0.3) is 15.0 Å². The number of carbonyl (C=O) groups is 1. The zero-order valence-electron chi connectivity index (χ0n) is 11.5. The summed E-state index contributed by atoms with van der Waals surface area (Å²) in [6.07, 6.45) is 0.800. The third kappa shape index (κ3) is 4.46. The lowest BCUT2D eigenvalue weighted by Crippen LogP contribution is -2.38. The molecule has 0 saturated carbocycles. The van der Waals surface area contributed by atoms with Crippen LogP contribution in [-0.4, -0.2) is 20.4 Å². The highest BCUT2D eigenvalue weighted by Crippen LogP contribution is 2.23. The Bertz CT molecular complexity index is 602. The highest BCUT2D eigenvalue weighted by molar-refractivity contribution is 9.10. The molecule has 0 spiro atoms. The second-order valence-electron chi connectivity index (χ2n) is 4.81. The number of benzene rings is 1. The number of amides is 1. The number of nitrogens with one attached hydrogen (secondary N) is 1. The van der Waals surface area contributed by atoms with Gasteiger partial charge in [0.1, 0.15) is 0 Å². The molecule has 1 aromatic rings. The molecule has 0 radical (unpaired) electrons. The summed E-state index contributed by atoms with van der Waals surface area (Å²) < 4.78 is 23.2. The molecular weight excluding hydrogens is 366 g/mol. The summed E-state index contributed by atoms with van der Waals surface area (Å²) >= 11 is 3.25. The molecule has 0 aliphatic heterocycles. The molecule has 1 unspecified atom stereocenters. The van der Waals surface area contributed by atoms with Crippen LogP contribution in [0.3, 0.4) is 0 Å². The first-order valence-electron chi connectivity index (χ1n) is 6.21. The summed E-state index contributed by atoms with van der Waals surface area (Å²) in [7, 11) is 1.44. The van der Waals surface area contributed by atoms with Gasteiger partial charge in [-0.1, -0.05) is 20.8 Å². The van der Waals surface area contributed by atoms with Gasteiger partial charge in [-0.2, -0.15) is 0 Å². The lowest BCUT2D eigenvalue weighted by Gasteiger charge is -2.21. The van der Waals surface area contributed by atoms with Crippen molar-refractivity contribution in [2.24, 2.45) is 5.92 Å². The fraction of sp³-hybridized carbons (Fsp3) is 0.462. The van der Waals surface area contributed by atoms with Crippen LogP contribution in [0.25, 0.3) is 0 Å². The van der Waals surface area contributed by atoms with Crippen molar-refractivity contribution in [3.63, 3.8) is 0 Å². The lowest BCUT2D eigenvalue weighted by atomic mass is 10.0. The first-order valence-corrected chi connectivity index (χ1v) is 9.32. The van der Waals surface area contributed by atoms with Crippen LogP contribution in [0.2, 0.25) is 0 Å². The van der Waals surface area contributed by atoms with E-state index in [1.54, 1.807) is 0 Å². The van der Waals surface area contributed by atoms with Gasteiger partial charge >= 0.3 is 0 Å². The largest absolute Gasteiger partial charge is 0.349 e. The zero-order valence-corrected chi connectivity index (χ0v) is 14.6. The Morgan fingerprint density at radius 2 is 2.00 bits per heavy atom. The molecule has 0 aromatic heterocycles. The Balaban J connectivity index is 3.10. The van der Waals surface area contributed by atoms with Gasteiger partial charge in [0.05, 0.1) is 10.5 Å². The highest BCUT2D eigenvalue weighted by Gasteiger charge is 2.19. The van der Waals surface area contributed by atoms with E-state index < -0.39 is 9.05 Å². The van der Waals surface area contributed by atoms with E-state index in [1.165, 1.54) is 18.2 Å². The van der Waals surface area contributed by atoms with Crippen LogP contribution < -0.4 is 5.32 Å². The fourth-order valence-corrected chi connectivity index (χ4v) is 3.02. The molecule has 0 saturated heterocycles. The Hall–Kier alpha value is -0.590. The third-order valence-electron chi connectivity index (χ3n) is 3.03. The van der Waals surface area contributed by atoms with Crippen molar-refractivity contribution in [3.05, 3.63) is 28.2 Å². The van der Waals surface area contributed by atoms with Gasteiger partial charge in [-0.15, -0.1) is 0 Å². The van der Waals surface area contributed by atoms with Crippen molar-refractivity contribution in [1.29, 1.82) is 0 Å². The molecule has 0 aliphatic carbocycles. The van der Waals surface area contributed by atoms with Gasteiger partial charge in [0.15, 0.2) is 0 Å². The van der Waals surface area contributed by atoms with Crippen LogP contribution in [0.15, 0.2) is 27.6 Å². The molecule has 112 valence electrons. The standard InChI is InChI=1S/C13H17BrClNO3S/c1-4-12(8(2)3)16-13(17)10-7-9(20(15,18)19)5-6-11(10)14/h5-8,12H,4H2,1-3H3,(H,16,17). The van der Waals surface area contributed by atoms with Gasteiger partial charge in [0.2, 0.25) is 0 Å². The number of carbonyl (C=O) groups excluding carboxylic acids is 1. The van der Waals surface area contributed by atoms with Crippen LogP contribution in [0, 0.1) is 5.92 Å². The van der Waals surface area contributed by atoms with E-state index in [4.69, 9.17) is 10.7 Å². The maximum atomic E-state index is 12.2. The first kappa shape index (κ1) is 17.5. The van der Waals surface area contributed by atoms with E-state index in [9.17, 15) is 13.2 Å². The molecule has 0 aliphatic rings. The number of rotatable bonds is 5. The summed E-state index contributed by atoms with van der Waals surface area (Å²) in [5, 5.41) is 2.90. The summed E-state index contributed by atoms with van der Waals surface area (Å²) in [5.41, 5.74) is 0.255. The molecule has 1 N–H and O–H groups in total. The average molecular weight is 383 g/mol. The summed E-state index contributed by atoms with van der Waals surface area (Å²) in [6, 6.07) is 4.16. The molecule has 1 aromatic carbocycles. The maximum absolute atomic E-state index is 12.2. The van der Waals surface area contributed by atoms with Gasteiger partial charge in [-0.25, -0.2) is 8.42 Å². The Morgan fingerprint density at radius 1 is 1.40 bits per heavy atom. The molecule has 0 heterocycles. The molecule has 20 heavy (non-hydrogen) atoms. The van der Waals surface area contributed by atoms with Gasteiger partial charge in [0, 0.05) is 21.2 Å². The monoisotopic (exact) mass is 381 g/mol.